The Morgan fingerprint density at radius 2 is 1.26 bits per heavy atom. The molecule has 0 amide bonds. The first-order valence-corrected chi connectivity index (χ1v) is 16.7. The van der Waals surface area contributed by atoms with Gasteiger partial charge in [0.15, 0.2) is 0 Å². The average Bonchev–Trinajstić information content (AvgIpc) is 3.40. The van der Waals surface area contributed by atoms with E-state index in [4.69, 9.17) is 33.5 Å². The van der Waals surface area contributed by atoms with Gasteiger partial charge in [-0.2, -0.15) is 0 Å². The van der Waals surface area contributed by atoms with Gasteiger partial charge in [0.25, 0.3) is 0 Å². The van der Waals surface area contributed by atoms with E-state index in [0.717, 1.165) is 12.8 Å². The van der Waals surface area contributed by atoms with Gasteiger partial charge in [-0.25, -0.2) is 0 Å². The SMILES string of the molecule is CCCCCCCCCCCCCCCCCC(=O)OCCOCC(OCCO)[C@H]1OC[C@H](OCCO)[C@H]1OCCO. The number of aliphatic hydroxyl groups is 3. The van der Waals surface area contributed by atoms with Gasteiger partial charge in [0.1, 0.15) is 31.0 Å². The molecule has 1 rings (SSSR count). The van der Waals surface area contributed by atoms with Crippen LogP contribution in [0.25, 0.3) is 0 Å². The number of unbranched alkanes of at least 4 members (excludes halogenated alkanes) is 14. The van der Waals surface area contributed by atoms with Gasteiger partial charge in [0.2, 0.25) is 0 Å². The molecular weight excluding hydrogens is 544 g/mol. The fraction of sp³-hybridized carbons (Fsp3) is 0.969. The molecule has 1 heterocycles. The van der Waals surface area contributed by atoms with Gasteiger partial charge in [-0.05, 0) is 6.42 Å². The molecule has 1 fully saturated rings. The second-order valence-electron chi connectivity index (χ2n) is 11.1. The maximum absolute atomic E-state index is 12.1. The molecule has 0 saturated carbocycles. The van der Waals surface area contributed by atoms with Crippen LogP contribution in [-0.4, -0.2) is 112 Å². The lowest BCUT2D eigenvalue weighted by molar-refractivity contribution is -0.149. The van der Waals surface area contributed by atoms with Gasteiger partial charge in [-0.15, -0.1) is 0 Å². The number of hydrogen-bond acceptors (Lipinski definition) is 10. The molecule has 0 aromatic rings. The van der Waals surface area contributed by atoms with E-state index in [-0.39, 0.29) is 72.0 Å². The maximum atomic E-state index is 12.1. The minimum absolute atomic E-state index is 0.0943. The van der Waals surface area contributed by atoms with Gasteiger partial charge in [0.05, 0.1) is 59.5 Å². The predicted molar refractivity (Wildman–Crippen MR) is 162 cm³/mol. The highest BCUT2D eigenvalue weighted by atomic mass is 16.6. The molecule has 10 nitrogen and oxygen atoms in total. The van der Waals surface area contributed by atoms with Gasteiger partial charge in [-0.1, -0.05) is 96.8 Å². The highest BCUT2D eigenvalue weighted by molar-refractivity contribution is 5.69. The van der Waals surface area contributed by atoms with Crippen LogP contribution in [0.1, 0.15) is 110 Å². The summed E-state index contributed by atoms with van der Waals surface area (Å²) in [5, 5.41) is 27.5. The second kappa shape index (κ2) is 28.9. The standard InChI is InChI=1S/C32H62O10/c1-2-3-4-5-6-7-8-9-10-11-12-13-14-15-16-17-30(36)40-25-24-37-26-28(38-21-18-33)32-31(41-23-20-35)29(27-42-32)39-22-19-34/h28-29,31-35H,2-27H2,1H3/t28?,29-,31+,32+/m0/s1. The molecule has 1 saturated heterocycles. The number of carbonyl (C=O) groups is 1. The first-order valence-electron chi connectivity index (χ1n) is 16.7. The van der Waals surface area contributed by atoms with Gasteiger partial charge < -0.3 is 43.7 Å². The fourth-order valence-corrected chi connectivity index (χ4v) is 5.23. The average molecular weight is 607 g/mol. The van der Waals surface area contributed by atoms with E-state index in [2.05, 4.69) is 6.92 Å². The van der Waals surface area contributed by atoms with E-state index < -0.39 is 24.4 Å². The van der Waals surface area contributed by atoms with E-state index in [9.17, 15) is 15.0 Å². The lowest BCUT2D eigenvalue weighted by atomic mass is 10.0. The van der Waals surface area contributed by atoms with E-state index in [0.29, 0.717) is 6.42 Å². The Hall–Kier alpha value is -0.850. The molecule has 0 aromatic heterocycles. The van der Waals surface area contributed by atoms with Crippen LogP contribution in [0.2, 0.25) is 0 Å². The Balaban J connectivity index is 2.10. The van der Waals surface area contributed by atoms with Crippen LogP contribution in [0.4, 0.5) is 0 Å². The molecule has 3 N–H and O–H groups in total. The summed E-state index contributed by atoms with van der Waals surface area (Å²) in [6.45, 7) is 2.92. The molecule has 1 aliphatic rings. The summed E-state index contributed by atoms with van der Waals surface area (Å²) >= 11 is 0. The van der Waals surface area contributed by atoms with Crippen LogP contribution in [0.15, 0.2) is 0 Å². The molecule has 0 radical (unpaired) electrons. The minimum Gasteiger partial charge on any atom is -0.463 e. The third-order valence-corrected chi connectivity index (χ3v) is 7.51. The number of carbonyl (C=O) groups excluding carboxylic acids is 1. The first-order chi connectivity index (χ1) is 20.7. The van der Waals surface area contributed by atoms with Crippen molar-refractivity contribution < 1.29 is 48.5 Å². The third kappa shape index (κ3) is 20.2. The summed E-state index contributed by atoms with van der Waals surface area (Å²) in [6, 6.07) is 0. The second-order valence-corrected chi connectivity index (χ2v) is 11.1. The Bertz CT molecular complexity index is 594. The Morgan fingerprint density at radius 3 is 1.83 bits per heavy atom. The normalized spacial score (nSPS) is 19.4. The van der Waals surface area contributed by atoms with Crippen LogP contribution >= 0.6 is 0 Å². The number of aliphatic hydroxyl groups excluding tert-OH is 3. The number of ether oxygens (including phenoxy) is 6. The molecule has 1 aliphatic heterocycles. The van der Waals surface area contributed by atoms with Crippen molar-refractivity contribution in [3.63, 3.8) is 0 Å². The van der Waals surface area contributed by atoms with Crippen molar-refractivity contribution in [2.45, 2.75) is 134 Å². The van der Waals surface area contributed by atoms with E-state index in [1.807, 2.05) is 0 Å². The van der Waals surface area contributed by atoms with E-state index >= 15 is 0 Å². The lowest BCUT2D eigenvalue weighted by Crippen LogP contribution is -2.45. The summed E-state index contributed by atoms with van der Waals surface area (Å²) < 4.78 is 34.0. The third-order valence-electron chi connectivity index (χ3n) is 7.51. The topological polar surface area (TPSA) is 133 Å². The zero-order chi connectivity index (χ0) is 30.5. The zero-order valence-corrected chi connectivity index (χ0v) is 26.4. The van der Waals surface area contributed by atoms with Crippen LogP contribution in [0, 0.1) is 0 Å². The van der Waals surface area contributed by atoms with Crippen LogP contribution in [0.5, 0.6) is 0 Å². The van der Waals surface area contributed by atoms with E-state index in [1.165, 1.54) is 83.5 Å². The van der Waals surface area contributed by atoms with Crippen molar-refractivity contribution in [1.82, 2.24) is 0 Å². The van der Waals surface area contributed by atoms with Crippen molar-refractivity contribution in [3.05, 3.63) is 0 Å². The zero-order valence-electron chi connectivity index (χ0n) is 26.4. The van der Waals surface area contributed by atoms with Crippen molar-refractivity contribution in [2.75, 3.05) is 66.1 Å². The molecule has 4 atom stereocenters. The van der Waals surface area contributed by atoms with Gasteiger partial charge >= 0.3 is 5.97 Å². The summed E-state index contributed by atoms with van der Waals surface area (Å²) in [6.07, 6.45) is 17.7. The smallest absolute Gasteiger partial charge is 0.305 e. The molecule has 42 heavy (non-hydrogen) atoms. The number of esters is 1. The molecule has 250 valence electrons. The van der Waals surface area contributed by atoms with Gasteiger partial charge in [0, 0.05) is 6.42 Å². The quantitative estimate of drug-likeness (QED) is 0.0773. The van der Waals surface area contributed by atoms with Crippen LogP contribution in [0.3, 0.4) is 0 Å². The van der Waals surface area contributed by atoms with Crippen LogP contribution < -0.4 is 0 Å². The predicted octanol–water partition coefficient (Wildman–Crippen LogP) is 4.34. The highest BCUT2D eigenvalue weighted by Crippen LogP contribution is 2.25. The molecule has 1 unspecified atom stereocenters. The highest BCUT2D eigenvalue weighted by Gasteiger charge is 2.44. The molecular formula is C32H62O10. The Labute approximate surface area is 254 Å². The Kier molecular flexibility index (Phi) is 26.9. The van der Waals surface area contributed by atoms with Crippen molar-refractivity contribution >= 4 is 5.97 Å². The summed E-state index contributed by atoms with van der Waals surface area (Å²) in [7, 11) is 0. The summed E-state index contributed by atoms with van der Waals surface area (Å²) in [5.74, 6) is -0.207. The van der Waals surface area contributed by atoms with E-state index in [1.54, 1.807) is 0 Å². The van der Waals surface area contributed by atoms with Crippen molar-refractivity contribution in [2.24, 2.45) is 0 Å². The lowest BCUT2D eigenvalue weighted by Gasteiger charge is -2.29. The molecule has 0 aromatic carbocycles. The van der Waals surface area contributed by atoms with Crippen LogP contribution in [-0.2, 0) is 33.2 Å². The summed E-state index contributed by atoms with van der Waals surface area (Å²) in [5.41, 5.74) is 0. The summed E-state index contributed by atoms with van der Waals surface area (Å²) in [4.78, 5) is 12.1. The molecule has 10 heteroatoms. The fourth-order valence-electron chi connectivity index (χ4n) is 5.23. The maximum Gasteiger partial charge on any atom is 0.305 e. The monoisotopic (exact) mass is 606 g/mol. The Morgan fingerprint density at radius 1 is 0.714 bits per heavy atom. The largest absolute Gasteiger partial charge is 0.463 e. The molecule has 0 aliphatic carbocycles. The molecule has 0 bridgehead atoms. The minimum atomic E-state index is -0.556. The van der Waals surface area contributed by atoms with Gasteiger partial charge in [-0.3, -0.25) is 4.79 Å². The first kappa shape index (κ1) is 39.2. The van der Waals surface area contributed by atoms with Crippen molar-refractivity contribution in [3.8, 4) is 0 Å². The number of rotatable bonds is 31. The number of hydrogen-bond donors (Lipinski definition) is 3. The molecule has 0 spiro atoms. The van der Waals surface area contributed by atoms with Crippen molar-refractivity contribution in [1.29, 1.82) is 0 Å².